The van der Waals surface area contributed by atoms with Crippen LogP contribution in [0.5, 0.6) is 0 Å². The van der Waals surface area contributed by atoms with E-state index in [0.29, 0.717) is 5.56 Å². The number of phosphoric acid groups is 1. The topological polar surface area (TPSA) is 219 Å². The summed E-state index contributed by atoms with van der Waals surface area (Å²) in [7, 11) is -8.07. The van der Waals surface area contributed by atoms with E-state index in [0.717, 1.165) is 10.4 Å². The molecule has 16 nitrogen and oxygen atoms in total. The first-order chi connectivity index (χ1) is 25.5. The van der Waals surface area contributed by atoms with Gasteiger partial charge in [0.15, 0.2) is 0 Å². The van der Waals surface area contributed by atoms with Crippen molar-refractivity contribution in [1.29, 1.82) is 0 Å². The van der Waals surface area contributed by atoms with Gasteiger partial charge in [0.05, 0.1) is 18.8 Å². The van der Waals surface area contributed by atoms with Gasteiger partial charge in [-0.25, -0.2) is 14.2 Å². The molecule has 1 unspecified atom stereocenters. The minimum absolute atomic E-state index is 0.0444. The summed E-state index contributed by atoms with van der Waals surface area (Å²) in [5.41, 5.74) is 4.01. The number of nitrogens with two attached hydrogens (primary N) is 1. The van der Waals surface area contributed by atoms with E-state index in [-0.39, 0.29) is 24.9 Å². The molecular weight excluding hydrogens is 737 g/mol. The van der Waals surface area contributed by atoms with Gasteiger partial charge in [-0.05, 0) is 29.3 Å². The van der Waals surface area contributed by atoms with Gasteiger partial charge < -0.3 is 24.5 Å². The van der Waals surface area contributed by atoms with E-state index in [4.69, 9.17) is 28.7 Å². The maximum Gasteiger partial charge on any atom is 0.472 e. The Morgan fingerprint density at radius 1 is 0.815 bits per heavy atom. The summed E-state index contributed by atoms with van der Waals surface area (Å²) >= 11 is 0. The zero-order valence-corrected chi connectivity index (χ0v) is 32.6. The summed E-state index contributed by atoms with van der Waals surface area (Å²) in [6.45, 7) is 8.84. The average Bonchev–Trinajstić information content (AvgIpc) is 3.72. The van der Waals surface area contributed by atoms with Gasteiger partial charge in [0, 0.05) is 42.9 Å². The second-order valence-corrected chi connectivity index (χ2v) is 20.3. The molecule has 2 saturated heterocycles. The van der Waals surface area contributed by atoms with E-state index in [2.05, 4.69) is 30.7 Å². The molecule has 4 aromatic rings. The number of ether oxygens (including phenoxy) is 2. The van der Waals surface area contributed by atoms with Crippen LogP contribution in [0.15, 0.2) is 92.2 Å². The molecule has 2 aliphatic rings. The highest BCUT2D eigenvalue weighted by molar-refractivity contribution is 7.47. The minimum atomic E-state index is -4.85. The zero-order valence-electron chi connectivity index (χ0n) is 30.7. The number of hydrogen-bond acceptors (Lipinski definition) is 11. The van der Waals surface area contributed by atoms with Crippen LogP contribution in [0.3, 0.4) is 0 Å². The Hall–Kier alpha value is -4.03. The number of benzene rings is 2. The SMILES string of the molecule is Cc1cn([C@H]2C[C@H](O[Si](c3ccccc3)(c3ccccc3)C(C)(C)C)[C@@H](COP(=O)(O)O[C@H]3C[C@H](n4cc(C)c(=O)[nH]c4=O)O[C@@H]3CN)O2)c(=O)[nH]c1=O. The number of aromatic amines is 2. The van der Waals surface area contributed by atoms with Crippen molar-refractivity contribution in [1.82, 2.24) is 19.1 Å². The molecule has 290 valence electrons. The Balaban J connectivity index is 1.30. The molecule has 0 bridgehead atoms. The lowest BCUT2D eigenvalue weighted by Crippen LogP contribution is -2.68. The number of aryl methyl sites for hydroxylation is 2. The Bertz CT molecular complexity index is 2200. The van der Waals surface area contributed by atoms with Gasteiger partial charge in [-0.2, -0.15) is 0 Å². The molecule has 2 fully saturated rings. The van der Waals surface area contributed by atoms with Crippen molar-refractivity contribution >= 4 is 26.5 Å². The molecule has 2 aliphatic heterocycles. The summed E-state index contributed by atoms with van der Waals surface area (Å²) < 4.78 is 46.9. The molecule has 5 N–H and O–H groups in total. The highest BCUT2D eigenvalue weighted by Crippen LogP contribution is 2.49. The molecule has 18 heteroatoms. The molecule has 54 heavy (non-hydrogen) atoms. The number of H-pyrrole nitrogens is 2. The molecule has 4 heterocycles. The third-order valence-corrected chi connectivity index (χ3v) is 16.0. The van der Waals surface area contributed by atoms with Gasteiger partial charge >= 0.3 is 19.2 Å². The van der Waals surface area contributed by atoms with Crippen LogP contribution in [-0.2, 0) is 27.5 Å². The van der Waals surface area contributed by atoms with Gasteiger partial charge in [-0.1, -0.05) is 81.4 Å². The van der Waals surface area contributed by atoms with E-state index in [9.17, 15) is 28.6 Å². The standard InChI is InChI=1S/C36H46N5O11PSi/c1-22-19-40(34(44)38-32(22)42)30-16-26(28(18-37)49-30)51-53(46,47)48-21-29-27(17-31(50-29)41-20-23(2)33(43)39-35(41)45)52-54(36(3,4)5,24-12-8-6-9-13-24)25-14-10-7-11-15-25/h6-15,19-20,26-31H,16-18,21,37H2,1-5H3,(H,46,47)(H,38,42,44)(H,39,43,45)/t26-,27-,28+,29+,30+,31+/m0/s1. The van der Waals surface area contributed by atoms with Crippen molar-refractivity contribution in [3.63, 3.8) is 0 Å². The van der Waals surface area contributed by atoms with Gasteiger partial charge in [0.2, 0.25) is 0 Å². The van der Waals surface area contributed by atoms with Crippen molar-refractivity contribution in [2.75, 3.05) is 13.2 Å². The molecule has 7 atom stereocenters. The van der Waals surface area contributed by atoms with E-state index < -0.39 is 87.2 Å². The summed E-state index contributed by atoms with van der Waals surface area (Å²) in [5, 5.41) is 1.53. The van der Waals surface area contributed by atoms with Gasteiger partial charge in [-0.3, -0.25) is 37.7 Å². The Kier molecular flexibility index (Phi) is 11.5. The summed E-state index contributed by atoms with van der Waals surface area (Å²) in [4.78, 5) is 65.3. The van der Waals surface area contributed by atoms with E-state index in [1.807, 2.05) is 60.7 Å². The van der Waals surface area contributed by atoms with Crippen LogP contribution in [0.4, 0.5) is 0 Å². The average molecular weight is 784 g/mol. The molecule has 0 amide bonds. The van der Waals surface area contributed by atoms with Crippen LogP contribution >= 0.6 is 7.82 Å². The van der Waals surface area contributed by atoms with Crippen molar-refractivity contribution in [2.45, 2.75) is 89.4 Å². The number of hydrogen-bond donors (Lipinski definition) is 4. The smallest absolute Gasteiger partial charge is 0.402 e. The van der Waals surface area contributed by atoms with Gasteiger partial charge in [0.1, 0.15) is 24.7 Å². The highest BCUT2D eigenvalue weighted by atomic mass is 31.2. The molecular formula is C36H46N5O11PSi. The molecule has 2 aromatic carbocycles. The fourth-order valence-electron chi connectivity index (χ4n) is 7.23. The van der Waals surface area contributed by atoms with Crippen molar-refractivity contribution in [2.24, 2.45) is 5.73 Å². The first kappa shape index (κ1) is 39.7. The van der Waals surface area contributed by atoms with Gasteiger partial charge in [0.25, 0.3) is 19.4 Å². The summed E-state index contributed by atoms with van der Waals surface area (Å²) in [5.74, 6) is 0. The second-order valence-electron chi connectivity index (χ2n) is 14.7. The van der Waals surface area contributed by atoms with Crippen LogP contribution in [-0.4, -0.2) is 69.9 Å². The lowest BCUT2D eigenvalue weighted by Gasteiger charge is -2.45. The summed E-state index contributed by atoms with van der Waals surface area (Å²) in [6.07, 6.45) is -2.71. The Morgan fingerprint density at radius 3 is 1.74 bits per heavy atom. The second kappa shape index (κ2) is 15.6. The molecule has 2 aromatic heterocycles. The van der Waals surface area contributed by atoms with E-state index in [1.54, 1.807) is 6.92 Å². The lowest BCUT2D eigenvalue weighted by molar-refractivity contribution is -0.0486. The third-order valence-electron chi connectivity index (χ3n) is 9.92. The number of aromatic nitrogens is 4. The van der Waals surface area contributed by atoms with Crippen molar-refractivity contribution in [3.8, 4) is 0 Å². The first-order valence-corrected chi connectivity index (χ1v) is 21.0. The highest BCUT2D eigenvalue weighted by Gasteiger charge is 2.54. The number of nitrogens with one attached hydrogen (secondary N) is 2. The van der Waals surface area contributed by atoms with Crippen LogP contribution in [0.25, 0.3) is 0 Å². The maximum atomic E-state index is 13.6. The Labute approximate surface area is 311 Å². The fourth-order valence-corrected chi connectivity index (χ4v) is 12.9. The van der Waals surface area contributed by atoms with E-state index >= 15 is 0 Å². The minimum Gasteiger partial charge on any atom is -0.402 e. The first-order valence-electron chi connectivity index (χ1n) is 17.6. The molecule has 0 saturated carbocycles. The molecule has 0 spiro atoms. The maximum absolute atomic E-state index is 13.6. The normalized spacial score (nSPS) is 24.4. The summed E-state index contributed by atoms with van der Waals surface area (Å²) in [6, 6.07) is 19.8. The molecule has 0 aliphatic carbocycles. The predicted molar refractivity (Wildman–Crippen MR) is 201 cm³/mol. The van der Waals surface area contributed by atoms with Crippen molar-refractivity contribution in [3.05, 3.63) is 126 Å². The van der Waals surface area contributed by atoms with Crippen LogP contribution < -0.4 is 38.6 Å². The zero-order chi connectivity index (χ0) is 39.0. The number of phosphoric ester groups is 1. The monoisotopic (exact) mass is 783 g/mol. The van der Waals surface area contributed by atoms with Crippen molar-refractivity contribution < 1.29 is 32.4 Å². The largest absolute Gasteiger partial charge is 0.472 e. The lowest BCUT2D eigenvalue weighted by atomic mass is 10.2. The molecule has 0 radical (unpaired) electrons. The number of rotatable bonds is 12. The van der Waals surface area contributed by atoms with E-state index in [1.165, 1.54) is 28.5 Å². The predicted octanol–water partition coefficient (Wildman–Crippen LogP) is 1.68. The number of nitrogens with zero attached hydrogens (tertiary/aromatic N) is 2. The van der Waals surface area contributed by atoms with Crippen LogP contribution in [0, 0.1) is 13.8 Å². The fraction of sp³-hybridized carbons (Fsp3) is 0.444. The third kappa shape index (κ3) is 8.01. The molecule has 6 rings (SSSR count). The Morgan fingerprint density at radius 2 is 1.28 bits per heavy atom. The quantitative estimate of drug-likeness (QED) is 0.119. The van der Waals surface area contributed by atoms with Crippen LogP contribution in [0.1, 0.15) is 57.2 Å². The van der Waals surface area contributed by atoms with Gasteiger partial charge in [-0.15, -0.1) is 0 Å². The van der Waals surface area contributed by atoms with Crippen LogP contribution in [0.2, 0.25) is 5.04 Å².